The predicted molar refractivity (Wildman–Crippen MR) is 84.9 cm³/mol. The first-order chi connectivity index (χ1) is 10.3. The Balaban J connectivity index is 2.20. The summed E-state index contributed by atoms with van der Waals surface area (Å²) < 4.78 is 19.5. The van der Waals surface area contributed by atoms with Crippen LogP contribution in [0.1, 0.15) is 37.8 Å². The van der Waals surface area contributed by atoms with Gasteiger partial charge in [0, 0.05) is 19.2 Å². The van der Waals surface area contributed by atoms with Crippen LogP contribution in [0, 0.1) is 12.7 Å². The van der Waals surface area contributed by atoms with E-state index in [-0.39, 0.29) is 23.4 Å². The fourth-order valence-corrected chi connectivity index (χ4v) is 2.90. The van der Waals surface area contributed by atoms with Crippen LogP contribution in [0.2, 0.25) is 0 Å². The fourth-order valence-electron chi connectivity index (χ4n) is 2.90. The normalized spacial score (nSPS) is 20.5. The Labute approximate surface area is 131 Å². The summed E-state index contributed by atoms with van der Waals surface area (Å²) in [5, 5.41) is 0. The maximum atomic E-state index is 13.7. The molecule has 0 radical (unpaired) electrons. The first kappa shape index (κ1) is 16.7. The number of nitrogens with zero attached hydrogens (tertiary/aromatic N) is 1. The van der Waals surface area contributed by atoms with Crippen molar-refractivity contribution in [3.63, 3.8) is 0 Å². The molecule has 0 aliphatic carbocycles. The van der Waals surface area contributed by atoms with E-state index in [9.17, 15) is 9.18 Å². The summed E-state index contributed by atoms with van der Waals surface area (Å²) in [6, 6.07) is 5.20. The molecule has 1 aliphatic rings. The summed E-state index contributed by atoms with van der Waals surface area (Å²) >= 11 is 0. The van der Waals surface area contributed by atoms with Crippen molar-refractivity contribution >= 4 is 5.91 Å². The largest absolute Gasteiger partial charge is 0.375 e. The Morgan fingerprint density at radius 3 is 2.86 bits per heavy atom. The van der Waals surface area contributed by atoms with E-state index < -0.39 is 0 Å². The summed E-state index contributed by atoms with van der Waals surface area (Å²) in [7, 11) is 0. The second-order valence-electron chi connectivity index (χ2n) is 6.51. The van der Waals surface area contributed by atoms with Gasteiger partial charge in [-0.1, -0.05) is 18.7 Å². The first-order valence-corrected chi connectivity index (χ1v) is 7.64. The number of hydrogen-bond acceptors (Lipinski definition) is 2. The van der Waals surface area contributed by atoms with Gasteiger partial charge in [0.05, 0.1) is 5.60 Å². The lowest BCUT2D eigenvalue weighted by molar-refractivity contribution is -0.136. The van der Waals surface area contributed by atoms with E-state index in [0.29, 0.717) is 18.7 Å². The maximum Gasteiger partial charge on any atom is 0.246 e. The van der Waals surface area contributed by atoms with Gasteiger partial charge < -0.3 is 9.64 Å². The van der Waals surface area contributed by atoms with Crippen LogP contribution in [0.3, 0.4) is 0 Å². The molecule has 22 heavy (non-hydrogen) atoms. The van der Waals surface area contributed by atoms with E-state index >= 15 is 0 Å². The molecule has 2 rings (SSSR count). The van der Waals surface area contributed by atoms with Crippen molar-refractivity contribution in [3.8, 4) is 0 Å². The van der Waals surface area contributed by atoms with Gasteiger partial charge in [-0.05, 0) is 56.9 Å². The third-order valence-corrected chi connectivity index (χ3v) is 4.16. The lowest BCUT2D eigenvalue weighted by Crippen LogP contribution is -2.47. The molecule has 0 saturated carbocycles. The lowest BCUT2D eigenvalue weighted by atomic mass is 9.92. The van der Waals surface area contributed by atoms with Crippen LogP contribution in [-0.2, 0) is 16.1 Å². The molecular formula is C18H24FNO2. The molecule has 1 aromatic rings. The minimum atomic E-state index is -0.249. The summed E-state index contributed by atoms with van der Waals surface area (Å²) in [5.41, 5.74) is 1.15. The zero-order valence-corrected chi connectivity index (χ0v) is 13.6. The molecule has 1 aromatic carbocycles. The zero-order chi connectivity index (χ0) is 16.3. The van der Waals surface area contributed by atoms with Crippen LogP contribution in [0.5, 0.6) is 0 Å². The van der Waals surface area contributed by atoms with Crippen LogP contribution in [0.15, 0.2) is 30.9 Å². The molecular weight excluding hydrogens is 281 g/mol. The number of rotatable bonds is 4. The van der Waals surface area contributed by atoms with Crippen molar-refractivity contribution in [2.45, 2.75) is 51.8 Å². The Bertz CT molecular complexity index is 568. The van der Waals surface area contributed by atoms with Crippen molar-refractivity contribution in [3.05, 3.63) is 47.8 Å². The van der Waals surface area contributed by atoms with Gasteiger partial charge in [-0.15, -0.1) is 0 Å². The second kappa shape index (κ2) is 6.61. The molecule has 1 unspecified atom stereocenters. The minimum Gasteiger partial charge on any atom is -0.375 e. The van der Waals surface area contributed by atoms with Gasteiger partial charge >= 0.3 is 0 Å². The number of hydrogen-bond donors (Lipinski definition) is 0. The number of amides is 1. The Morgan fingerprint density at radius 2 is 2.27 bits per heavy atom. The number of carbonyl (C=O) groups excluding carboxylic acids is 1. The standard InChI is InChI=1S/C18H24FNO2/c1-5-17(21)20(15-8-9-22-18(3,4)11-15)12-14-7-6-13(2)16(19)10-14/h5-7,10,15H,1,8-9,11-12H2,2-4H3. The predicted octanol–water partition coefficient (Wildman–Crippen LogP) is 3.61. The van der Waals surface area contributed by atoms with Gasteiger partial charge in [0.2, 0.25) is 5.91 Å². The van der Waals surface area contributed by atoms with Crippen LogP contribution >= 0.6 is 0 Å². The van der Waals surface area contributed by atoms with Gasteiger partial charge in [0.1, 0.15) is 5.82 Å². The van der Waals surface area contributed by atoms with Crippen LogP contribution < -0.4 is 0 Å². The summed E-state index contributed by atoms with van der Waals surface area (Å²) in [5.74, 6) is -0.362. The number of ether oxygens (including phenoxy) is 1. The average Bonchev–Trinajstić information content (AvgIpc) is 2.46. The number of carbonyl (C=O) groups is 1. The first-order valence-electron chi connectivity index (χ1n) is 7.64. The number of benzene rings is 1. The van der Waals surface area contributed by atoms with Crippen LogP contribution in [0.25, 0.3) is 0 Å². The lowest BCUT2D eigenvalue weighted by Gasteiger charge is -2.41. The van der Waals surface area contributed by atoms with E-state index in [1.807, 2.05) is 19.9 Å². The molecule has 1 fully saturated rings. The van der Waals surface area contributed by atoms with Crippen molar-refractivity contribution in [2.75, 3.05) is 6.61 Å². The van der Waals surface area contributed by atoms with Crippen molar-refractivity contribution in [1.82, 2.24) is 4.90 Å². The van der Waals surface area contributed by atoms with Crippen molar-refractivity contribution < 1.29 is 13.9 Å². The fraction of sp³-hybridized carbons (Fsp3) is 0.500. The Hall–Kier alpha value is -1.68. The van der Waals surface area contributed by atoms with Gasteiger partial charge in [-0.3, -0.25) is 4.79 Å². The molecule has 1 aliphatic heterocycles. The average molecular weight is 305 g/mol. The monoisotopic (exact) mass is 305 g/mol. The summed E-state index contributed by atoms with van der Waals surface area (Å²) in [6.07, 6.45) is 2.88. The van der Waals surface area contributed by atoms with Gasteiger partial charge in [-0.2, -0.15) is 0 Å². The molecule has 1 atom stereocenters. The van der Waals surface area contributed by atoms with E-state index in [1.165, 1.54) is 12.1 Å². The Kier molecular flexibility index (Phi) is 5.01. The van der Waals surface area contributed by atoms with Crippen LogP contribution in [-0.4, -0.2) is 29.1 Å². The van der Waals surface area contributed by atoms with Gasteiger partial charge in [0.15, 0.2) is 0 Å². The summed E-state index contributed by atoms with van der Waals surface area (Å²) in [6.45, 7) is 10.4. The molecule has 1 heterocycles. The van der Waals surface area contributed by atoms with E-state index in [4.69, 9.17) is 4.74 Å². The molecule has 3 nitrogen and oxygen atoms in total. The maximum absolute atomic E-state index is 13.7. The van der Waals surface area contributed by atoms with Gasteiger partial charge in [0.25, 0.3) is 0 Å². The zero-order valence-electron chi connectivity index (χ0n) is 13.6. The highest BCUT2D eigenvalue weighted by Crippen LogP contribution is 2.28. The molecule has 0 spiro atoms. The quantitative estimate of drug-likeness (QED) is 0.795. The highest BCUT2D eigenvalue weighted by Gasteiger charge is 2.33. The van der Waals surface area contributed by atoms with Gasteiger partial charge in [-0.25, -0.2) is 4.39 Å². The van der Waals surface area contributed by atoms with E-state index in [2.05, 4.69) is 6.58 Å². The van der Waals surface area contributed by atoms with Crippen molar-refractivity contribution in [2.24, 2.45) is 0 Å². The molecule has 4 heteroatoms. The molecule has 1 saturated heterocycles. The molecule has 1 amide bonds. The third kappa shape index (κ3) is 3.95. The molecule has 0 aromatic heterocycles. The molecule has 0 bridgehead atoms. The SMILES string of the molecule is C=CC(=O)N(Cc1ccc(C)c(F)c1)C1CCOC(C)(C)C1. The third-order valence-electron chi connectivity index (χ3n) is 4.16. The smallest absolute Gasteiger partial charge is 0.246 e. The number of aryl methyl sites for hydroxylation is 1. The minimum absolute atomic E-state index is 0.0821. The van der Waals surface area contributed by atoms with Crippen molar-refractivity contribution in [1.29, 1.82) is 0 Å². The second-order valence-corrected chi connectivity index (χ2v) is 6.51. The highest BCUT2D eigenvalue weighted by atomic mass is 19.1. The highest BCUT2D eigenvalue weighted by molar-refractivity contribution is 5.87. The molecule has 0 N–H and O–H groups in total. The van der Waals surface area contributed by atoms with Crippen LogP contribution in [0.4, 0.5) is 4.39 Å². The topological polar surface area (TPSA) is 29.5 Å². The summed E-state index contributed by atoms with van der Waals surface area (Å²) in [4.78, 5) is 14.0. The van der Waals surface area contributed by atoms with E-state index in [1.54, 1.807) is 17.9 Å². The molecule has 120 valence electrons. The van der Waals surface area contributed by atoms with E-state index in [0.717, 1.165) is 18.4 Å². The Morgan fingerprint density at radius 1 is 1.55 bits per heavy atom. The number of halogens is 1.